The molecule has 0 fully saturated rings. The molecule has 8 heteroatoms. The van der Waals surface area contributed by atoms with Gasteiger partial charge in [0.25, 0.3) is 0 Å². The Morgan fingerprint density at radius 2 is 1.92 bits per heavy atom. The molecule has 2 N–H and O–H groups in total. The van der Waals surface area contributed by atoms with Crippen LogP contribution < -0.4 is 20.1 Å². The Hall–Kier alpha value is -2.74. The standard InChI is InChI=1S/C18H20N2O5S/c1-11-17(13-6-4-5-7-15(13)25-11)20-18(21)19-14-9-8-12(24-2)10-16(14)26(3,22)23/h4-11,17H,1-3H3,(H2,19,20,21). The Labute approximate surface area is 152 Å². The number of fused-ring (bicyclic) bond motifs is 1. The zero-order valence-electron chi connectivity index (χ0n) is 14.6. The third-order valence-corrected chi connectivity index (χ3v) is 5.30. The Balaban J connectivity index is 1.81. The molecule has 138 valence electrons. The molecular formula is C18H20N2O5S. The molecular weight excluding hydrogens is 356 g/mol. The van der Waals surface area contributed by atoms with Crippen LogP contribution in [0.3, 0.4) is 0 Å². The number of urea groups is 1. The quantitative estimate of drug-likeness (QED) is 0.856. The molecule has 0 spiro atoms. The lowest BCUT2D eigenvalue weighted by Crippen LogP contribution is -2.37. The smallest absolute Gasteiger partial charge is 0.319 e. The monoisotopic (exact) mass is 376 g/mol. The van der Waals surface area contributed by atoms with Crippen molar-refractivity contribution in [1.82, 2.24) is 5.32 Å². The predicted octanol–water partition coefficient (Wildman–Crippen LogP) is 2.74. The molecule has 2 atom stereocenters. The van der Waals surface area contributed by atoms with Gasteiger partial charge < -0.3 is 20.1 Å². The number of ether oxygens (including phenoxy) is 2. The summed E-state index contributed by atoms with van der Waals surface area (Å²) < 4.78 is 34.8. The van der Waals surface area contributed by atoms with E-state index in [9.17, 15) is 13.2 Å². The lowest BCUT2D eigenvalue weighted by Gasteiger charge is -2.18. The first-order valence-electron chi connectivity index (χ1n) is 8.01. The lowest BCUT2D eigenvalue weighted by atomic mass is 10.1. The van der Waals surface area contributed by atoms with Gasteiger partial charge in [-0.3, -0.25) is 0 Å². The average molecular weight is 376 g/mol. The number of sulfone groups is 1. The van der Waals surface area contributed by atoms with Gasteiger partial charge in [0.1, 0.15) is 17.6 Å². The number of amides is 2. The van der Waals surface area contributed by atoms with E-state index >= 15 is 0 Å². The fourth-order valence-corrected chi connectivity index (χ4v) is 3.75. The Morgan fingerprint density at radius 1 is 1.19 bits per heavy atom. The van der Waals surface area contributed by atoms with Crippen molar-refractivity contribution < 1.29 is 22.7 Å². The second-order valence-electron chi connectivity index (χ2n) is 6.07. The van der Waals surface area contributed by atoms with Crippen molar-refractivity contribution >= 4 is 21.6 Å². The highest BCUT2D eigenvalue weighted by molar-refractivity contribution is 7.90. The molecule has 26 heavy (non-hydrogen) atoms. The number of nitrogens with one attached hydrogen (secondary N) is 2. The normalized spacial score (nSPS) is 18.6. The highest BCUT2D eigenvalue weighted by atomic mass is 32.2. The lowest BCUT2D eigenvalue weighted by molar-refractivity contribution is 0.204. The zero-order chi connectivity index (χ0) is 18.9. The molecule has 1 aliphatic rings. The van der Waals surface area contributed by atoms with Crippen LogP contribution in [0.25, 0.3) is 0 Å². The Morgan fingerprint density at radius 3 is 2.62 bits per heavy atom. The minimum absolute atomic E-state index is 0.0110. The van der Waals surface area contributed by atoms with Crippen LogP contribution in [0.4, 0.5) is 10.5 Å². The first kappa shape index (κ1) is 18.1. The van der Waals surface area contributed by atoms with Crippen molar-refractivity contribution in [2.45, 2.75) is 24.0 Å². The number of para-hydroxylation sites is 1. The molecule has 1 heterocycles. The van der Waals surface area contributed by atoms with E-state index in [1.54, 1.807) is 6.07 Å². The molecule has 0 aliphatic carbocycles. The van der Waals surface area contributed by atoms with Crippen LogP contribution in [0.15, 0.2) is 47.4 Å². The summed E-state index contributed by atoms with van der Waals surface area (Å²) in [7, 11) is -2.10. The molecule has 2 amide bonds. The van der Waals surface area contributed by atoms with E-state index in [0.717, 1.165) is 17.6 Å². The number of benzene rings is 2. The molecule has 7 nitrogen and oxygen atoms in total. The van der Waals surface area contributed by atoms with Crippen LogP contribution >= 0.6 is 0 Å². The summed E-state index contributed by atoms with van der Waals surface area (Å²) in [5.74, 6) is 1.12. The van der Waals surface area contributed by atoms with Gasteiger partial charge in [0.05, 0.1) is 23.7 Å². The second kappa shape index (κ2) is 6.87. The van der Waals surface area contributed by atoms with Gasteiger partial charge in [-0.25, -0.2) is 13.2 Å². The van der Waals surface area contributed by atoms with E-state index in [4.69, 9.17) is 9.47 Å². The highest BCUT2D eigenvalue weighted by Crippen LogP contribution is 2.36. The zero-order valence-corrected chi connectivity index (χ0v) is 15.5. The maximum absolute atomic E-state index is 12.5. The molecule has 3 rings (SSSR count). The molecule has 0 saturated carbocycles. The van der Waals surface area contributed by atoms with Gasteiger partial charge in [-0.1, -0.05) is 18.2 Å². The molecule has 0 radical (unpaired) electrons. The summed E-state index contributed by atoms with van der Waals surface area (Å²) >= 11 is 0. The van der Waals surface area contributed by atoms with Gasteiger partial charge in [0.2, 0.25) is 0 Å². The van der Waals surface area contributed by atoms with Crippen LogP contribution in [0.5, 0.6) is 11.5 Å². The average Bonchev–Trinajstić information content (AvgIpc) is 2.90. The predicted molar refractivity (Wildman–Crippen MR) is 97.5 cm³/mol. The van der Waals surface area contributed by atoms with Crippen molar-refractivity contribution in [1.29, 1.82) is 0 Å². The van der Waals surface area contributed by atoms with E-state index in [0.29, 0.717) is 5.75 Å². The van der Waals surface area contributed by atoms with E-state index in [2.05, 4.69) is 10.6 Å². The number of carbonyl (C=O) groups excluding carboxylic acids is 1. The minimum atomic E-state index is -3.55. The summed E-state index contributed by atoms with van der Waals surface area (Å²) in [4.78, 5) is 12.4. The van der Waals surface area contributed by atoms with Crippen LogP contribution in [0.2, 0.25) is 0 Å². The maximum atomic E-state index is 12.5. The molecule has 2 aromatic rings. The first-order chi connectivity index (χ1) is 12.3. The summed E-state index contributed by atoms with van der Waals surface area (Å²) in [5, 5.41) is 5.45. The van der Waals surface area contributed by atoms with Crippen LogP contribution in [-0.4, -0.2) is 33.9 Å². The molecule has 0 bridgehead atoms. The number of carbonyl (C=O) groups is 1. The first-order valence-corrected chi connectivity index (χ1v) is 9.90. The van der Waals surface area contributed by atoms with Crippen molar-refractivity contribution in [2.24, 2.45) is 0 Å². The minimum Gasteiger partial charge on any atom is -0.497 e. The topological polar surface area (TPSA) is 93.7 Å². The Bertz CT molecular complexity index is 942. The summed E-state index contributed by atoms with van der Waals surface area (Å²) in [6.07, 6.45) is 0.844. The molecule has 2 aromatic carbocycles. The largest absolute Gasteiger partial charge is 0.497 e. The maximum Gasteiger partial charge on any atom is 0.319 e. The van der Waals surface area contributed by atoms with E-state index < -0.39 is 15.9 Å². The van der Waals surface area contributed by atoms with Crippen molar-refractivity contribution in [3.05, 3.63) is 48.0 Å². The van der Waals surface area contributed by atoms with Crippen molar-refractivity contribution in [3.63, 3.8) is 0 Å². The van der Waals surface area contributed by atoms with Crippen LogP contribution in [0.1, 0.15) is 18.5 Å². The second-order valence-corrected chi connectivity index (χ2v) is 8.06. The molecule has 1 aliphatic heterocycles. The van der Waals surface area contributed by atoms with Gasteiger partial charge >= 0.3 is 6.03 Å². The van der Waals surface area contributed by atoms with Gasteiger partial charge in [-0.15, -0.1) is 0 Å². The van der Waals surface area contributed by atoms with E-state index in [1.165, 1.54) is 19.2 Å². The number of hydrogen-bond acceptors (Lipinski definition) is 5. The van der Waals surface area contributed by atoms with Gasteiger partial charge in [-0.05, 0) is 25.1 Å². The molecule has 0 saturated heterocycles. The summed E-state index contributed by atoms with van der Waals surface area (Å²) in [6, 6.07) is 11.1. The van der Waals surface area contributed by atoms with Crippen molar-refractivity contribution in [2.75, 3.05) is 18.7 Å². The van der Waals surface area contributed by atoms with Crippen LogP contribution in [0, 0.1) is 0 Å². The number of hydrogen-bond donors (Lipinski definition) is 2. The highest BCUT2D eigenvalue weighted by Gasteiger charge is 2.32. The third kappa shape index (κ3) is 3.60. The van der Waals surface area contributed by atoms with Crippen molar-refractivity contribution in [3.8, 4) is 11.5 Å². The summed E-state index contributed by atoms with van der Waals surface area (Å²) in [6.45, 7) is 1.86. The van der Waals surface area contributed by atoms with Gasteiger partial charge in [-0.2, -0.15) is 0 Å². The SMILES string of the molecule is COc1ccc(NC(=O)NC2c3ccccc3OC2C)c(S(C)(=O)=O)c1. The number of anilines is 1. The van der Waals surface area contributed by atoms with Gasteiger partial charge in [0, 0.05) is 17.9 Å². The fourth-order valence-electron chi connectivity index (χ4n) is 2.90. The van der Waals surface area contributed by atoms with E-state index in [-0.39, 0.29) is 22.7 Å². The van der Waals surface area contributed by atoms with Crippen LogP contribution in [-0.2, 0) is 9.84 Å². The third-order valence-electron chi connectivity index (χ3n) is 4.16. The molecule has 2 unspecified atom stereocenters. The Kier molecular flexibility index (Phi) is 4.78. The molecule has 0 aromatic heterocycles. The van der Waals surface area contributed by atoms with E-state index in [1.807, 2.05) is 31.2 Å². The fraction of sp³-hybridized carbons (Fsp3) is 0.278. The number of rotatable bonds is 4. The number of methoxy groups -OCH3 is 1. The summed E-state index contributed by atoms with van der Waals surface area (Å²) in [5.41, 5.74) is 1.07. The van der Waals surface area contributed by atoms with Gasteiger partial charge in [0.15, 0.2) is 9.84 Å².